The van der Waals surface area contributed by atoms with Gasteiger partial charge in [-0.1, -0.05) is 48.0 Å². The summed E-state index contributed by atoms with van der Waals surface area (Å²) in [5, 5.41) is 5.96. The van der Waals surface area contributed by atoms with Crippen molar-refractivity contribution in [1.82, 2.24) is 10.2 Å². The summed E-state index contributed by atoms with van der Waals surface area (Å²) in [4.78, 5) is 43.1. The molecule has 0 saturated heterocycles. The highest BCUT2D eigenvalue weighted by molar-refractivity contribution is 6.12. The zero-order chi connectivity index (χ0) is 24.9. The molecule has 3 aromatic rings. The third-order valence-corrected chi connectivity index (χ3v) is 6.21. The summed E-state index contributed by atoms with van der Waals surface area (Å²) in [6.45, 7) is 3.19. The fraction of sp³-hybridized carbons (Fsp3) is 0.250. The van der Waals surface area contributed by atoms with Gasteiger partial charge in [0.2, 0.25) is 5.91 Å². The van der Waals surface area contributed by atoms with Crippen molar-refractivity contribution in [2.75, 3.05) is 37.4 Å². The van der Waals surface area contributed by atoms with Crippen LogP contribution in [0.2, 0.25) is 0 Å². The molecule has 0 aliphatic carbocycles. The molecule has 0 fully saturated rings. The minimum atomic E-state index is -0.494. The summed E-state index contributed by atoms with van der Waals surface area (Å²) in [5.41, 5.74) is 3.90. The van der Waals surface area contributed by atoms with Gasteiger partial charge in [0.1, 0.15) is 0 Å². The summed E-state index contributed by atoms with van der Waals surface area (Å²) in [6, 6.07) is 21.6. The first kappa shape index (κ1) is 24.2. The highest BCUT2D eigenvalue weighted by Crippen LogP contribution is 2.39. The molecule has 1 aliphatic heterocycles. The minimum Gasteiger partial charge on any atom is -0.340 e. The van der Waals surface area contributed by atoms with E-state index in [1.54, 1.807) is 47.2 Å². The number of rotatable bonds is 6. The van der Waals surface area contributed by atoms with E-state index in [1.165, 1.54) is 0 Å². The Morgan fingerprint density at radius 3 is 2.40 bits per heavy atom. The van der Waals surface area contributed by atoms with Crippen LogP contribution in [0, 0.1) is 6.92 Å². The molecule has 0 saturated carbocycles. The number of likely N-dealkylation sites (N-methyl/N-ethyl adjacent to an activating group) is 2. The largest absolute Gasteiger partial charge is 0.340 e. The Bertz CT molecular complexity index is 1220. The van der Waals surface area contributed by atoms with Crippen molar-refractivity contribution in [3.63, 3.8) is 0 Å². The van der Waals surface area contributed by atoms with Crippen LogP contribution in [0.15, 0.2) is 72.8 Å². The van der Waals surface area contributed by atoms with Crippen LogP contribution in [0.3, 0.4) is 0 Å². The van der Waals surface area contributed by atoms with Crippen molar-refractivity contribution in [3.8, 4) is 0 Å². The van der Waals surface area contributed by atoms with Crippen LogP contribution in [-0.4, -0.2) is 49.8 Å². The van der Waals surface area contributed by atoms with Crippen molar-refractivity contribution in [1.29, 1.82) is 0 Å². The number of anilines is 2. The van der Waals surface area contributed by atoms with Crippen LogP contribution in [0.4, 0.5) is 11.4 Å². The van der Waals surface area contributed by atoms with Gasteiger partial charge in [-0.15, -0.1) is 0 Å². The lowest BCUT2D eigenvalue weighted by atomic mass is 9.99. The van der Waals surface area contributed by atoms with E-state index in [9.17, 15) is 14.4 Å². The Kier molecular flexibility index (Phi) is 7.27. The van der Waals surface area contributed by atoms with Crippen molar-refractivity contribution >= 4 is 29.1 Å². The first-order chi connectivity index (χ1) is 16.9. The normalized spacial score (nSPS) is 15.1. The first-order valence-electron chi connectivity index (χ1n) is 11.7. The minimum absolute atomic E-state index is 0.0989. The average Bonchev–Trinajstić information content (AvgIpc) is 3.02. The molecule has 1 atom stereocenters. The number of nitrogens with zero attached hydrogens (tertiary/aromatic N) is 2. The summed E-state index contributed by atoms with van der Waals surface area (Å²) in [7, 11) is 3.57. The average molecular weight is 471 g/mol. The maximum atomic E-state index is 13.9. The summed E-state index contributed by atoms with van der Waals surface area (Å²) in [6.07, 6.45) is 0.0989. The Labute approximate surface area is 205 Å². The SMILES string of the molecule is CNCCN(C)C(=O)c1ccc2c(c1)NC(=O)CC(c1ccccc1)N2C(=O)c1ccc(C)cc1. The molecule has 4 rings (SSSR count). The van der Waals surface area contributed by atoms with Crippen molar-refractivity contribution < 1.29 is 14.4 Å². The van der Waals surface area contributed by atoms with E-state index >= 15 is 0 Å². The van der Waals surface area contributed by atoms with Crippen LogP contribution in [-0.2, 0) is 4.79 Å². The molecule has 0 spiro atoms. The second-order valence-electron chi connectivity index (χ2n) is 8.78. The topological polar surface area (TPSA) is 81.8 Å². The monoisotopic (exact) mass is 470 g/mol. The van der Waals surface area contributed by atoms with E-state index < -0.39 is 6.04 Å². The molecular weight excluding hydrogens is 440 g/mol. The first-order valence-corrected chi connectivity index (χ1v) is 11.7. The lowest BCUT2D eigenvalue weighted by Gasteiger charge is -2.31. The molecule has 180 valence electrons. The molecule has 1 unspecified atom stereocenters. The Balaban J connectivity index is 1.80. The van der Waals surface area contributed by atoms with Gasteiger partial charge in [-0.25, -0.2) is 0 Å². The third-order valence-electron chi connectivity index (χ3n) is 6.21. The second-order valence-corrected chi connectivity index (χ2v) is 8.78. The van der Waals surface area contributed by atoms with Gasteiger partial charge in [-0.3, -0.25) is 19.3 Å². The van der Waals surface area contributed by atoms with Gasteiger partial charge in [-0.05, 0) is 49.9 Å². The zero-order valence-corrected chi connectivity index (χ0v) is 20.2. The maximum absolute atomic E-state index is 13.9. The Morgan fingerprint density at radius 1 is 1.03 bits per heavy atom. The molecule has 3 aromatic carbocycles. The molecule has 1 aliphatic rings. The maximum Gasteiger partial charge on any atom is 0.258 e. The smallest absolute Gasteiger partial charge is 0.258 e. The van der Waals surface area contributed by atoms with Crippen molar-refractivity contribution in [2.24, 2.45) is 0 Å². The number of fused-ring (bicyclic) bond motifs is 1. The predicted octanol–water partition coefficient (Wildman–Crippen LogP) is 4.02. The van der Waals surface area contributed by atoms with Gasteiger partial charge >= 0.3 is 0 Å². The van der Waals surface area contributed by atoms with Gasteiger partial charge in [0.15, 0.2) is 0 Å². The number of nitrogens with one attached hydrogen (secondary N) is 2. The van der Waals surface area contributed by atoms with Crippen molar-refractivity contribution in [3.05, 3.63) is 95.1 Å². The van der Waals surface area contributed by atoms with Gasteiger partial charge < -0.3 is 15.5 Å². The van der Waals surface area contributed by atoms with E-state index in [0.717, 1.165) is 11.1 Å². The molecule has 3 amide bonds. The molecule has 7 nitrogen and oxygen atoms in total. The molecule has 1 heterocycles. The summed E-state index contributed by atoms with van der Waals surface area (Å²) < 4.78 is 0. The number of benzene rings is 3. The van der Waals surface area contributed by atoms with E-state index in [1.807, 2.05) is 56.4 Å². The van der Waals surface area contributed by atoms with Gasteiger partial charge in [0.05, 0.1) is 23.8 Å². The van der Waals surface area contributed by atoms with Crippen molar-refractivity contribution in [2.45, 2.75) is 19.4 Å². The third kappa shape index (κ3) is 5.25. The molecule has 7 heteroatoms. The van der Waals surface area contributed by atoms with E-state index in [4.69, 9.17) is 0 Å². The molecule has 0 bridgehead atoms. The Morgan fingerprint density at radius 2 is 1.71 bits per heavy atom. The van der Waals surface area contributed by atoms with Gasteiger partial charge in [0.25, 0.3) is 11.8 Å². The number of hydrogen-bond donors (Lipinski definition) is 2. The van der Waals surface area contributed by atoms with E-state index in [2.05, 4.69) is 10.6 Å². The summed E-state index contributed by atoms with van der Waals surface area (Å²) >= 11 is 0. The molecule has 0 radical (unpaired) electrons. The number of hydrogen-bond acceptors (Lipinski definition) is 4. The fourth-order valence-electron chi connectivity index (χ4n) is 4.24. The van der Waals surface area contributed by atoms with Crippen LogP contribution >= 0.6 is 0 Å². The van der Waals surface area contributed by atoms with E-state index in [-0.39, 0.29) is 24.1 Å². The van der Waals surface area contributed by atoms with Gasteiger partial charge in [-0.2, -0.15) is 0 Å². The fourth-order valence-corrected chi connectivity index (χ4v) is 4.24. The molecule has 2 N–H and O–H groups in total. The highest BCUT2D eigenvalue weighted by atomic mass is 16.2. The number of carbonyl (C=O) groups excluding carboxylic acids is 3. The van der Waals surface area contributed by atoms with Crippen LogP contribution in [0.1, 0.15) is 44.3 Å². The van der Waals surface area contributed by atoms with Crippen LogP contribution < -0.4 is 15.5 Å². The quantitative estimate of drug-likeness (QED) is 0.570. The standard InChI is InChI=1S/C28H30N4O3/c1-19-9-11-21(12-10-19)28(35)32-24-14-13-22(27(34)31(3)16-15-29-2)17-23(24)30-26(33)18-25(32)20-7-5-4-6-8-20/h4-14,17,25,29H,15-16,18H2,1-3H3,(H,30,33). The van der Waals surface area contributed by atoms with E-state index in [0.29, 0.717) is 35.6 Å². The Hall–Kier alpha value is -3.97. The predicted molar refractivity (Wildman–Crippen MR) is 138 cm³/mol. The number of carbonyl (C=O) groups is 3. The van der Waals surface area contributed by atoms with Crippen LogP contribution in [0.5, 0.6) is 0 Å². The van der Waals surface area contributed by atoms with Crippen LogP contribution in [0.25, 0.3) is 0 Å². The molecule has 0 aromatic heterocycles. The number of aryl methyl sites for hydroxylation is 1. The lowest BCUT2D eigenvalue weighted by Crippen LogP contribution is -2.35. The second kappa shape index (κ2) is 10.5. The molecular formula is C28H30N4O3. The highest BCUT2D eigenvalue weighted by Gasteiger charge is 2.34. The zero-order valence-electron chi connectivity index (χ0n) is 20.2. The molecule has 35 heavy (non-hydrogen) atoms. The summed E-state index contributed by atoms with van der Waals surface area (Å²) in [5.74, 6) is -0.577. The lowest BCUT2D eigenvalue weighted by molar-refractivity contribution is -0.116. The van der Waals surface area contributed by atoms with Gasteiger partial charge in [0, 0.05) is 31.3 Å². The number of amides is 3.